The molecule has 0 unspecified atom stereocenters. The number of benzene rings is 4. The van der Waals surface area contributed by atoms with Crippen LogP contribution >= 0.6 is 22.7 Å². The van der Waals surface area contributed by atoms with E-state index in [1.54, 1.807) is 0 Å². The largest absolute Gasteiger partial charge is 0.134 e. The van der Waals surface area contributed by atoms with E-state index in [1.165, 1.54) is 51.8 Å². The Bertz CT molecular complexity index is 1470. The zero-order valence-electron chi connectivity index (χ0n) is 17.4. The second-order valence-electron chi connectivity index (χ2n) is 7.86. The summed E-state index contributed by atoms with van der Waals surface area (Å²) in [4.78, 5) is 0. The first kappa shape index (κ1) is 19.2. The van der Waals surface area contributed by atoms with Gasteiger partial charge in [-0.3, -0.25) is 0 Å². The van der Waals surface area contributed by atoms with Crippen molar-refractivity contribution in [2.24, 2.45) is 0 Å². The molecule has 0 bridgehead atoms. The molecule has 2 heterocycles. The van der Waals surface area contributed by atoms with Crippen molar-refractivity contribution >= 4 is 76.5 Å². The fourth-order valence-corrected chi connectivity index (χ4v) is 6.76. The number of hydrogen-bond acceptors (Lipinski definition) is 2. The smallest absolute Gasteiger partial charge is 0.0542 e. The van der Waals surface area contributed by atoms with Crippen molar-refractivity contribution in [1.29, 1.82) is 0 Å². The van der Waals surface area contributed by atoms with Gasteiger partial charge in [0, 0.05) is 20.2 Å². The molecule has 0 aliphatic heterocycles. The maximum atomic E-state index is 2.31. The molecule has 0 atom stereocenters. The van der Waals surface area contributed by atoms with E-state index in [4.69, 9.17) is 0 Å². The van der Waals surface area contributed by atoms with Crippen LogP contribution in [0.4, 0.5) is 0 Å². The minimum absolute atomic E-state index is 1.22. The minimum atomic E-state index is 1.22. The Labute approximate surface area is 195 Å². The molecule has 152 valence electrons. The maximum Gasteiger partial charge on any atom is 0.0542 e. The van der Waals surface area contributed by atoms with Gasteiger partial charge in [0.1, 0.15) is 0 Å². The van der Waals surface area contributed by atoms with Crippen LogP contribution in [0, 0.1) is 0 Å². The van der Waals surface area contributed by atoms with Crippen LogP contribution in [0.5, 0.6) is 0 Å². The molecule has 4 aromatic carbocycles. The van der Waals surface area contributed by atoms with Gasteiger partial charge in [0.15, 0.2) is 0 Å². The van der Waals surface area contributed by atoms with Crippen LogP contribution in [0.1, 0.15) is 22.3 Å². The average molecular weight is 445 g/mol. The minimum Gasteiger partial charge on any atom is -0.134 e. The molecule has 0 aliphatic carbocycles. The van der Waals surface area contributed by atoms with Crippen LogP contribution in [0.15, 0.2) is 97.1 Å². The first-order chi connectivity index (χ1) is 15.8. The lowest BCUT2D eigenvalue weighted by atomic mass is 10.1. The van der Waals surface area contributed by atoms with Gasteiger partial charge in [-0.15, -0.1) is 22.7 Å². The summed E-state index contributed by atoms with van der Waals surface area (Å²) in [5.74, 6) is 0. The third kappa shape index (κ3) is 3.69. The molecular weight excluding hydrogens is 424 g/mol. The molecular formula is C30H20S2. The van der Waals surface area contributed by atoms with Gasteiger partial charge < -0.3 is 0 Å². The van der Waals surface area contributed by atoms with Gasteiger partial charge in [0.2, 0.25) is 0 Å². The lowest BCUT2D eigenvalue weighted by molar-refractivity contribution is 1.66. The van der Waals surface area contributed by atoms with Gasteiger partial charge in [-0.05, 0) is 34.4 Å². The maximum absolute atomic E-state index is 2.31. The molecule has 0 saturated carbocycles. The average Bonchev–Trinajstić information content (AvgIpc) is 3.38. The van der Waals surface area contributed by atoms with Crippen molar-refractivity contribution in [3.05, 3.63) is 119 Å². The third-order valence-electron chi connectivity index (χ3n) is 5.67. The van der Waals surface area contributed by atoms with Crippen molar-refractivity contribution < 1.29 is 0 Å². The van der Waals surface area contributed by atoms with Crippen LogP contribution < -0.4 is 0 Å². The van der Waals surface area contributed by atoms with Crippen LogP contribution in [-0.2, 0) is 0 Å². The van der Waals surface area contributed by atoms with E-state index >= 15 is 0 Å². The van der Waals surface area contributed by atoms with Gasteiger partial charge in [-0.2, -0.15) is 0 Å². The first-order valence-electron chi connectivity index (χ1n) is 10.7. The van der Waals surface area contributed by atoms with Crippen LogP contribution in [0.2, 0.25) is 0 Å². The summed E-state index contributed by atoms with van der Waals surface area (Å²) < 4.78 is 5.53. The Morgan fingerprint density at radius 3 is 1.25 bits per heavy atom. The van der Waals surface area contributed by atoms with Crippen molar-refractivity contribution in [3.8, 4) is 0 Å². The summed E-state index contributed by atoms with van der Waals surface area (Å²) in [6.07, 6.45) is 8.76. The van der Waals surface area contributed by atoms with Gasteiger partial charge in [0.25, 0.3) is 0 Å². The second-order valence-corrected chi connectivity index (χ2v) is 9.97. The molecule has 0 amide bonds. The van der Waals surface area contributed by atoms with Crippen LogP contribution in [-0.4, -0.2) is 0 Å². The first-order valence-corrected chi connectivity index (χ1v) is 12.3. The SMILES string of the molecule is C(=C\c1ccc2c(c1)sc1c3ccc(/C=C/c4ccccc4)cc3sc21)/c1ccccc1. The summed E-state index contributed by atoms with van der Waals surface area (Å²) in [5, 5.41) is 2.73. The molecule has 6 rings (SSSR count). The summed E-state index contributed by atoms with van der Waals surface area (Å²) in [5.41, 5.74) is 4.94. The van der Waals surface area contributed by atoms with E-state index in [0.29, 0.717) is 0 Å². The third-order valence-corrected chi connectivity index (χ3v) is 8.17. The van der Waals surface area contributed by atoms with E-state index in [1.807, 2.05) is 22.7 Å². The summed E-state index contributed by atoms with van der Waals surface area (Å²) in [6, 6.07) is 34.6. The van der Waals surface area contributed by atoms with Crippen molar-refractivity contribution in [2.75, 3.05) is 0 Å². The Morgan fingerprint density at radius 1 is 0.406 bits per heavy atom. The number of rotatable bonds is 4. The van der Waals surface area contributed by atoms with Crippen molar-refractivity contribution in [3.63, 3.8) is 0 Å². The molecule has 2 aromatic heterocycles. The van der Waals surface area contributed by atoms with Crippen molar-refractivity contribution in [2.45, 2.75) is 0 Å². The zero-order valence-corrected chi connectivity index (χ0v) is 19.0. The fourth-order valence-electron chi connectivity index (χ4n) is 4.01. The molecule has 0 nitrogen and oxygen atoms in total. The quantitative estimate of drug-likeness (QED) is 0.237. The van der Waals surface area contributed by atoms with Crippen LogP contribution in [0.25, 0.3) is 53.9 Å². The van der Waals surface area contributed by atoms with E-state index in [-0.39, 0.29) is 0 Å². The topological polar surface area (TPSA) is 0 Å². The van der Waals surface area contributed by atoms with Gasteiger partial charge >= 0.3 is 0 Å². The van der Waals surface area contributed by atoms with E-state index < -0.39 is 0 Å². The highest BCUT2D eigenvalue weighted by atomic mass is 32.1. The van der Waals surface area contributed by atoms with Crippen molar-refractivity contribution in [1.82, 2.24) is 0 Å². The normalized spacial score (nSPS) is 12.1. The molecule has 0 N–H and O–H groups in total. The lowest BCUT2D eigenvalue weighted by Crippen LogP contribution is -1.72. The highest BCUT2D eigenvalue weighted by molar-refractivity contribution is 7.36. The van der Waals surface area contributed by atoms with E-state index in [9.17, 15) is 0 Å². The zero-order chi connectivity index (χ0) is 21.3. The van der Waals surface area contributed by atoms with Gasteiger partial charge in [-0.1, -0.05) is 109 Å². The van der Waals surface area contributed by atoms with E-state index in [0.717, 1.165) is 0 Å². The number of thiophene rings is 2. The predicted octanol–water partition coefficient (Wildman–Crippen LogP) is 9.61. The van der Waals surface area contributed by atoms with Gasteiger partial charge in [-0.25, -0.2) is 0 Å². The highest BCUT2D eigenvalue weighted by Gasteiger charge is 2.12. The Kier molecular flexibility index (Phi) is 4.95. The molecule has 32 heavy (non-hydrogen) atoms. The fraction of sp³-hybridized carbons (Fsp3) is 0. The number of hydrogen-bond donors (Lipinski definition) is 0. The van der Waals surface area contributed by atoms with E-state index in [2.05, 4.69) is 121 Å². The summed E-state index contributed by atoms with van der Waals surface area (Å²) >= 11 is 3.82. The summed E-state index contributed by atoms with van der Waals surface area (Å²) in [6.45, 7) is 0. The Hall–Kier alpha value is -3.46. The molecule has 0 saturated heterocycles. The van der Waals surface area contributed by atoms with Gasteiger partial charge in [0.05, 0.1) is 9.40 Å². The lowest BCUT2D eigenvalue weighted by Gasteiger charge is -1.97. The molecule has 0 fully saturated rings. The molecule has 0 aliphatic rings. The second kappa shape index (κ2) is 8.23. The monoisotopic (exact) mass is 444 g/mol. The summed E-state index contributed by atoms with van der Waals surface area (Å²) in [7, 11) is 0. The Morgan fingerprint density at radius 2 is 0.812 bits per heavy atom. The molecule has 2 heteroatoms. The number of fused-ring (bicyclic) bond motifs is 5. The Balaban J connectivity index is 1.35. The predicted molar refractivity (Wildman–Crippen MR) is 145 cm³/mol. The van der Waals surface area contributed by atoms with Crippen LogP contribution in [0.3, 0.4) is 0 Å². The highest BCUT2D eigenvalue weighted by Crippen LogP contribution is 2.44. The molecule has 6 aromatic rings. The molecule has 0 spiro atoms. The molecule has 0 radical (unpaired) electrons. The standard InChI is InChI=1S/C30H20S2/c1-3-7-21(8-4-1)11-13-23-15-17-25-27(19-23)31-30-26-18-16-24(20-28(26)32-29(25)30)14-12-22-9-5-2-6-10-22/h1-20H/b13-11+,14-12+.